The van der Waals surface area contributed by atoms with Crippen molar-refractivity contribution in [2.75, 3.05) is 0 Å². The fourth-order valence-electron chi connectivity index (χ4n) is 1.84. The molecule has 0 radical (unpaired) electrons. The monoisotopic (exact) mass is 231 g/mol. The fraction of sp³-hybridized carbons (Fsp3) is 0.417. The van der Waals surface area contributed by atoms with Gasteiger partial charge in [0.15, 0.2) is 0 Å². The largest absolute Gasteiger partial charge is 0.318 e. The van der Waals surface area contributed by atoms with Gasteiger partial charge in [0.05, 0.1) is 6.04 Å². The van der Waals surface area contributed by atoms with Crippen molar-refractivity contribution in [3.05, 3.63) is 41.7 Å². The fourth-order valence-corrected chi connectivity index (χ4v) is 1.84. The van der Waals surface area contributed by atoms with Gasteiger partial charge in [0.1, 0.15) is 12.2 Å². The number of aryl methyl sites for hydroxylation is 2. The Morgan fingerprint density at radius 2 is 2.29 bits per heavy atom. The van der Waals surface area contributed by atoms with Gasteiger partial charge >= 0.3 is 0 Å². The number of pyridine rings is 1. The summed E-state index contributed by atoms with van der Waals surface area (Å²) >= 11 is 0. The van der Waals surface area contributed by atoms with Crippen LogP contribution in [-0.2, 0) is 6.54 Å². The van der Waals surface area contributed by atoms with Crippen molar-refractivity contribution in [1.29, 1.82) is 0 Å². The molecule has 2 aromatic heterocycles. The molecule has 5 heteroatoms. The quantitative estimate of drug-likeness (QED) is 0.864. The second kappa shape index (κ2) is 5.05. The molecular formula is C12H17N5. The second-order valence-corrected chi connectivity index (χ2v) is 4.05. The summed E-state index contributed by atoms with van der Waals surface area (Å²) in [5.41, 5.74) is 8.35. The zero-order valence-electron chi connectivity index (χ0n) is 10.2. The first kappa shape index (κ1) is 11.7. The highest BCUT2D eigenvalue weighted by molar-refractivity contribution is 5.29. The predicted molar refractivity (Wildman–Crippen MR) is 65.3 cm³/mol. The Labute approximate surface area is 101 Å². The third-order valence-corrected chi connectivity index (χ3v) is 2.77. The molecule has 2 aromatic rings. The number of rotatable bonds is 4. The van der Waals surface area contributed by atoms with Crippen LogP contribution in [0.1, 0.15) is 36.3 Å². The van der Waals surface area contributed by atoms with E-state index in [1.165, 1.54) is 0 Å². The molecule has 1 atom stereocenters. The molecule has 2 heterocycles. The Balaban J connectivity index is 2.34. The van der Waals surface area contributed by atoms with Gasteiger partial charge in [-0.1, -0.05) is 6.92 Å². The summed E-state index contributed by atoms with van der Waals surface area (Å²) < 4.78 is 1.86. The van der Waals surface area contributed by atoms with Gasteiger partial charge in [-0.15, -0.1) is 0 Å². The minimum atomic E-state index is -0.266. The van der Waals surface area contributed by atoms with Crippen molar-refractivity contribution in [3.8, 4) is 0 Å². The molecule has 0 fully saturated rings. The Bertz CT molecular complexity index is 491. The zero-order chi connectivity index (χ0) is 12.3. The molecule has 0 spiro atoms. The maximum atomic E-state index is 6.23. The third-order valence-electron chi connectivity index (χ3n) is 2.77. The number of aromatic nitrogens is 4. The molecule has 0 saturated carbocycles. The molecule has 0 aliphatic heterocycles. The van der Waals surface area contributed by atoms with Gasteiger partial charge in [-0.2, -0.15) is 5.10 Å². The van der Waals surface area contributed by atoms with Crippen LogP contribution in [0.2, 0.25) is 0 Å². The summed E-state index contributed by atoms with van der Waals surface area (Å²) in [4.78, 5) is 8.37. The molecule has 5 nitrogen and oxygen atoms in total. The first-order valence-corrected chi connectivity index (χ1v) is 5.77. The van der Waals surface area contributed by atoms with Crippen molar-refractivity contribution >= 4 is 0 Å². The zero-order valence-corrected chi connectivity index (χ0v) is 10.2. The lowest BCUT2D eigenvalue weighted by Crippen LogP contribution is -2.19. The smallest absolute Gasteiger partial charge is 0.148 e. The predicted octanol–water partition coefficient (Wildman–Crippen LogP) is 1.44. The van der Waals surface area contributed by atoms with E-state index in [0.29, 0.717) is 0 Å². The van der Waals surface area contributed by atoms with Gasteiger partial charge in [-0.25, -0.2) is 9.67 Å². The molecule has 1 unspecified atom stereocenters. The van der Waals surface area contributed by atoms with Crippen molar-refractivity contribution < 1.29 is 0 Å². The van der Waals surface area contributed by atoms with Crippen molar-refractivity contribution in [2.24, 2.45) is 5.73 Å². The van der Waals surface area contributed by atoms with Crippen LogP contribution in [0.15, 0.2) is 24.8 Å². The van der Waals surface area contributed by atoms with Crippen LogP contribution < -0.4 is 5.73 Å². The Hall–Kier alpha value is -1.75. The van der Waals surface area contributed by atoms with Gasteiger partial charge in [0, 0.05) is 18.9 Å². The topological polar surface area (TPSA) is 69.6 Å². The molecule has 17 heavy (non-hydrogen) atoms. The first-order valence-electron chi connectivity index (χ1n) is 5.77. The van der Waals surface area contributed by atoms with Gasteiger partial charge in [-0.3, -0.25) is 4.98 Å². The molecule has 2 N–H and O–H groups in total. The van der Waals surface area contributed by atoms with Gasteiger partial charge in [0.25, 0.3) is 0 Å². The lowest BCUT2D eigenvalue weighted by molar-refractivity contribution is 0.552. The number of nitrogens with two attached hydrogens (primary N) is 1. The minimum absolute atomic E-state index is 0.266. The molecule has 0 bridgehead atoms. The summed E-state index contributed by atoms with van der Waals surface area (Å²) in [6.45, 7) is 4.96. The summed E-state index contributed by atoms with van der Waals surface area (Å²) in [5, 5.41) is 4.19. The average Bonchev–Trinajstić information content (AvgIpc) is 2.78. The van der Waals surface area contributed by atoms with Crippen LogP contribution in [0.5, 0.6) is 0 Å². The minimum Gasteiger partial charge on any atom is -0.318 e. The normalized spacial score (nSPS) is 12.6. The molecule has 0 aliphatic rings. The number of nitrogens with zero attached hydrogens (tertiary/aromatic N) is 4. The van der Waals surface area contributed by atoms with Gasteiger partial charge in [0.2, 0.25) is 0 Å². The molecule has 0 amide bonds. The van der Waals surface area contributed by atoms with Crippen LogP contribution in [0.25, 0.3) is 0 Å². The highest BCUT2D eigenvalue weighted by Crippen LogP contribution is 2.19. The Kier molecular flexibility index (Phi) is 3.49. The van der Waals surface area contributed by atoms with Gasteiger partial charge < -0.3 is 5.73 Å². The van der Waals surface area contributed by atoms with E-state index in [0.717, 1.165) is 29.9 Å². The standard InChI is InChI=1S/C12H17N5/c1-3-6-17-12(15-8-16-17)11(13)10-7-14-5-4-9(10)2/h4-5,7-8,11H,3,6,13H2,1-2H3. The van der Waals surface area contributed by atoms with E-state index < -0.39 is 0 Å². The average molecular weight is 231 g/mol. The van der Waals surface area contributed by atoms with Crippen molar-refractivity contribution in [1.82, 2.24) is 19.7 Å². The lowest BCUT2D eigenvalue weighted by Gasteiger charge is -2.14. The molecule has 2 rings (SSSR count). The summed E-state index contributed by atoms with van der Waals surface area (Å²) in [6.07, 6.45) is 6.12. The third kappa shape index (κ3) is 2.34. The lowest BCUT2D eigenvalue weighted by atomic mass is 10.0. The van der Waals surface area contributed by atoms with Crippen molar-refractivity contribution in [3.63, 3.8) is 0 Å². The van der Waals surface area contributed by atoms with E-state index in [4.69, 9.17) is 5.73 Å². The molecule has 0 aromatic carbocycles. The summed E-state index contributed by atoms with van der Waals surface area (Å²) in [5.74, 6) is 0.794. The van der Waals surface area contributed by atoms with E-state index in [2.05, 4.69) is 22.0 Å². The Morgan fingerprint density at radius 1 is 1.47 bits per heavy atom. The SMILES string of the molecule is CCCn1ncnc1C(N)c1cnccc1C. The van der Waals surface area contributed by atoms with E-state index in [1.807, 2.05) is 17.7 Å². The van der Waals surface area contributed by atoms with E-state index in [9.17, 15) is 0 Å². The number of hydrogen-bond donors (Lipinski definition) is 1. The second-order valence-electron chi connectivity index (χ2n) is 4.05. The van der Waals surface area contributed by atoms with Crippen LogP contribution in [0.4, 0.5) is 0 Å². The van der Waals surface area contributed by atoms with Crippen LogP contribution in [0, 0.1) is 6.92 Å². The number of hydrogen-bond acceptors (Lipinski definition) is 4. The summed E-state index contributed by atoms with van der Waals surface area (Å²) in [7, 11) is 0. The maximum absolute atomic E-state index is 6.23. The maximum Gasteiger partial charge on any atom is 0.148 e. The highest BCUT2D eigenvalue weighted by Gasteiger charge is 2.17. The molecular weight excluding hydrogens is 214 g/mol. The highest BCUT2D eigenvalue weighted by atomic mass is 15.3. The summed E-state index contributed by atoms with van der Waals surface area (Å²) in [6, 6.07) is 1.69. The van der Waals surface area contributed by atoms with Crippen LogP contribution >= 0.6 is 0 Å². The molecule has 0 aliphatic carbocycles. The van der Waals surface area contributed by atoms with Gasteiger partial charge in [-0.05, 0) is 30.5 Å². The van der Waals surface area contributed by atoms with E-state index in [1.54, 1.807) is 18.7 Å². The first-order chi connectivity index (χ1) is 8.24. The van der Waals surface area contributed by atoms with Crippen molar-refractivity contribution in [2.45, 2.75) is 32.9 Å². The Morgan fingerprint density at radius 3 is 3.00 bits per heavy atom. The van der Waals surface area contributed by atoms with Crippen LogP contribution in [-0.4, -0.2) is 19.7 Å². The molecule has 90 valence electrons. The molecule has 0 saturated heterocycles. The van der Waals surface area contributed by atoms with Crippen LogP contribution in [0.3, 0.4) is 0 Å². The van der Waals surface area contributed by atoms with E-state index in [-0.39, 0.29) is 6.04 Å². The van der Waals surface area contributed by atoms with E-state index >= 15 is 0 Å².